The summed E-state index contributed by atoms with van der Waals surface area (Å²) in [5, 5.41) is 8.99. The summed E-state index contributed by atoms with van der Waals surface area (Å²) in [6.45, 7) is 4.61. The van der Waals surface area contributed by atoms with Crippen molar-refractivity contribution in [2.75, 3.05) is 11.4 Å². The van der Waals surface area contributed by atoms with Gasteiger partial charge in [0.25, 0.3) is 0 Å². The van der Waals surface area contributed by atoms with Crippen molar-refractivity contribution in [3.8, 4) is 0 Å². The molecule has 1 unspecified atom stereocenters. The summed E-state index contributed by atoms with van der Waals surface area (Å²) >= 11 is 0. The van der Waals surface area contributed by atoms with Gasteiger partial charge in [-0.2, -0.15) is 0 Å². The maximum absolute atomic E-state index is 10.9. The van der Waals surface area contributed by atoms with Crippen LogP contribution in [-0.2, 0) is 4.79 Å². The molecule has 0 fully saturated rings. The van der Waals surface area contributed by atoms with E-state index in [1.165, 1.54) is 0 Å². The molecule has 0 amide bonds. The molecule has 0 bridgehead atoms. The van der Waals surface area contributed by atoms with E-state index < -0.39 is 5.97 Å². The fourth-order valence-corrected chi connectivity index (χ4v) is 2.45. The Hall–Kier alpha value is -2.36. The first-order valence-corrected chi connectivity index (χ1v) is 7.03. The minimum Gasteiger partial charge on any atom is -0.481 e. The summed E-state index contributed by atoms with van der Waals surface area (Å²) in [6, 6.07) is 12.1. The quantitative estimate of drug-likeness (QED) is 0.883. The van der Waals surface area contributed by atoms with Gasteiger partial charge in [0.2, 0.25) is 0 Å². The van der Waals surface area contributed by atoms with Crippen LogP contribution in [0.25, 0.3) is 0 Å². The van der Waals surface area contributed by atoms with Crippen LogP contribution in [0.15, 0.2) is 48.8 Å². The number of aliphatic carboxylic acids is 1. The van der Waals surface area contributed by atoms with Crippen LogP contribution < -0.4 is 4.90 Å². The highest BCUT2D eigenvalue weighted by Gasteiger charge is 2.18. The number of aromatic nitrogens is 1. The topological polar surface area (TPSA) is 53.4 Å². The van der Waals surface area contributed by atoms with Crippen LogP contribution in [0.5, 0.6) is 0 Å². The van der Waals surface area contributed by atoms with Crippen molar-refractivity contribution < 1.29 is 9.90 Å². The average molecular weight is 284 g/mol. The predicted molar refractivity (Wildman–Crippen MR) is 83.4 cm³/mol. The molecule has 0 aliphatic rings. The second-order valence-electron chi connectivity index (χ2n) is 5.08. The third-order valence-electron chi connectivity index (χ3n) is 3.65. The highest BCUT2D eigenvalue weighted by molar-refractivity contribution is 5.68. The van der Waals surface area contributed by atoms with Crippen LogP contribution >= 0.6 is 0 Å². The van der Waals surface area contributed by atoms with E-state index in [1.54, 1.807) is 12.4 Å². The number of carbonyl (C=O) groups is 1. The monoisotopic (exact) mass is 284 g/mol. The third kappa shape index (κ3) is 3.81. The molecule has 2 aromatic rings. The lowest BCUT2D eigenvalue weighted by atomic mass is 10.1. The molecule has 0 saturated carbocycles. The molecular weight excluding hydrogens is 264 g/mol. The van der Waals surface area contributed by atoms with Gasteiger partial charge < -0.3 is 10.0 Å². The summed E-state index contributed by atoms with van der Waals surface area (Å²) in [7, 11) is 0. The average Bonchev–Trinajstić information content (AvgIpc) is 2.49. The Morgan fingerprint density at radius 1 is 1.24 bits per heavy atom. The molecule has 1 aromatic heterocycles. The summed E-state index contributed by atoms with van der Waals surface area (Å²) < 4.78 is 0. The van der Waals surface area contributed by atoms with E-state index in [0.29, 0.717) is 6.54 Å². The molecular formula is C17H20N2O2. The second kappa shape index (κ2) is 6.88. The minimum atomic E-state index is -0.782. The number of carboxylic acid groups (broad SMARTS) is 1. The Morgan fingerprint density at radius 3 is 2.52 bits per heavy atom. The van der Waals surface area contributed by atoms with Gasteiger partial charge in [0.05, 0.1) is 12.5 Å². The number of anilines is 1. The zero-order valence-corrected chi connectivity index (χ0v) is 12.4. The number of carboxylic acids is 1. The highest BCUT2D eigenvalue weighted by atomic mass is 16.4. The van der Waals surface area contributed by atoms with Gasteiger partial charge in [-0.1, -0.05) is 18.2 Å². The van der Waals surface area contributed by atoms with Gasteiger partial charge in [0.15, 0.2) is 0 Å². The molecule has 0 aliphatic heterocycles. The van der Waals surface area contributed by atoms with Gasteiger partial charge >= 0.3 is 5.97 Å². The first-order chi connectivity index (χ1) is 10.1. The maximum atomic E-state index is 10.9. The molecule has 1 N–H and O–H groups in total. The number of aryl methyl sites for hydroxylation is 1. The fourth-order valence-electron chi connectivity index (χ4n) is 2.45. The number of nitrogens with zero attached hydrogens (tertiary/aromatic N) is 2. The third-order valence-corrected chi connectivity index (χ3v) is 3.65. The van der Waals surface area contributed by atoms with Gasteiger partial charge in [-0.15, -0.1) is 0 Å². The molecule has 0 radical (unpaired) electrons. The zero-order valence-electron chi connectivity index (χ0n) is 12.4. The molecule has 1 heterocycles. The summed E-state index contributed by atoms with van der Waals surface area (Å²) in [4.78, 5) is 17.1. The number of rotatable bonds is 6. The van der Waals surface area contributed by atoms with E-state index in [2.05, 4.69) is 16.8 Å². The van der Waals surface area contributed by atoms with Crippen LogP contribution in [-0.4, -0.2) is 22.6 Å². The van der Waals surface area contributed by atoms with Crippen LogP contribution in [0.4, 0.5) is 5.69 Å². The van der Waals surface area contributed by atoms with Crippen LogP contribution in [0.1, 0.15) is 30.5 Å². The minimum absolute atomic E-state index is 0.0912. The number of hydrogen-bond donors (Lipinski definition) is 1. The van der Waals surface area contributed by atoms with Crippen molar-refractivity contribution in [2.24, 2.45) is 0 Å². The Morgan fingerprint density at radius 2 is 1.90 bits per heavy atom. The van der Waals surface area contributed by atoms with Gasteiger partial charge in [-0.25, -0.2) is 0 Å². The molecule has 2 rings (SSSR count). The molecule has 4 nitrogen and oxygen atoms in total. The van der Waals surface area contributed by atoms with Crippen LogP contribution in [0.2, 0.25) is 0 Å². The molecule has 0 aliphatic carbocycles. The van der Waals surface area contributed by atoms with Crippen molar-refractivity contribution in [3.05, 3.63) is 59.9 Å². The number of para-hydroxylation sites is 1. The van der Waals surface area contributed by atoms with E-state index in [4.69, 9.17) is 5.11 Å². The van der Waals surface area contributed by atoms with E-state index in [1.807, 2.05) is 43.3 Å². The Kier molecular flexibility index (Phi) is 4.93. The smallest absolute Gasteiger partial charge is 0.305 e. The van der Waals surface area contributed by atoms with E-state index in [0.717, 1.165) is 16.8 Å². The zero-order chi connectivity index (χ0) is 15.2. The first kappa shape index (κ1) is 15.0. The second-order valence-corrected chi connectivity index (χ2v) is 5.08. The van der Waals surface area contributed by atoms with Crippen molar-refractivity contribution in [1.82, 2.24) is 4.98 Å². The Bertz CT molecular complexity index is 599. The van der Waals surface area contributed by atoms with Crippen LogP contribution in [0, 0.1) is 6.92 Å². The van der Waals surface area contributed by atoms with E-state index in [9.17, 15) is 4.79 Å². The van der Waals surface area contributed by atoms with E-state index in [-0.39, 0.29) is 12.5 Å². The lowest BCUT2D eigenvalue weighted by Gasteiger charge is -2.32. The molecule has 21 heavy (non-hydrogen) atoms. The maximum Gasteiger partial charge on any atom is 0.305 e. The standard InChI is InChI=1S/C17H20N2O2/c1-13-5-3-4-6-16(13)19(12-9-17(20)21)14(2)15-7-10-18-11-8-15/h3-8,10-11,14H,9,12H2,1-2H3,(H,20,21). The number of hydrogen-bond acceptors (Lipinski definition) is 3. The lowest BCUT2D eigenvalue weighted by molar-refractivity contribution is -0.136. The van der Waals surface area contributed by atoms with Crippen LogP contribution in [0.3, 0.4) is 0 Å². The lowest BCUT2D eigenvalue weighted by Crippen LogP contribution is -2.30. The molecule has 0 spiro atoms. The van der Waals surface area contributed by atoms with Crippen molar-refractivity contribution in [3.63, 3.8) is 0 Å². The molecule has 1 atom stereocenters. The van der Waals surface area contributed by atoms with Gasteiger partial charge in [0.1, 0.15) is 0 Å². The van der Waals surface area contributed by atoms with E-state index >= 15 is 0 Å². The van der Waals surface area contributed by atoms with Gasteiger partial charge in [-0.05, 0) is 43.2 Å². The van der Waals surface area contributed by atoms with Crippen molar-refractivity contribution in [2.45, 2.75) is 26.3 Å². The molecule has 4 heteroatoms. The highest BCUT2D eigenvalue weighted by Crippen LogP contribution is 2.29. The Balaban J connectivity index is 2.32. The van der Waals surface area contributed by atoms with Crippen molar-refractivity contribution >= 4 is 11.7 Å². The molecule has 0 saturated heterocycles. The first-order valence-electron chi connectivity index (χ1n) is 7.03. The number of benzene rings is 1. The van der Waals surface area contributed by atoms with Gasteiger partial charge in [-0.3, -0.25) is 9.78 Å². The molecule has 110 valence electrons. The Labute approximate surface area is 125 Å². The summed E-state index contributed by atoms with van der Waals surface area (Å²) in [5.74, 6) is -0.782. The SMILES string of the molecule is Cc1ccccc1N(CCC(=O)O)C(C)c1ccncc1. The molecule has 1 aromatic carbocycles. The van der Waals surface area contributed by atoms with Gasteiger partial charge in [0, 0.05) is 24.6 Å². The predicted octanol–water partition coefficient (Wildman–Crippen LogP) is 3.43. The number of pyridine rings is 1. The summed E-state index contributed by atoms with van der Waals surface area (Å²) in [6.07, 6.45) is 3.64. The van der Waals surface area contributed by atoms with Crippen molar-refractivity contribution in [1.29, 1.82) is 0 Å². The fraction of sp³-hybridized carbons (Fsp3) is 0.294. The summed E-state index contributed by atoms with van der Waals surface area (Å²) in [5.41, 5.74) is 3.34. The normalized spacial score (nSPS) is 11.9. The largest absolute Gasteiger partial charge is 0.481 e.